The molecule has 1 atom stereocenters. The molecule has 0 fully saturated rings. The Morgan fingerprint density at radius 3 is 2.33 bits per heavy atom. The molecule has 1 rings (SSSR count). The zero-order valence-corrected chi connectivity index (χ0v) is 11.2. The summed E-state index contributed by atoms with van der Waals surface area (Å²) in [6.45, 7) is 3.26. The predicted octanol–water partition coefficient (Wildman–Crippen LogP) is 0.796. The molecular formula is C12H17NO4S. The zero-order valence-electron chi connectivity index (χ0n) is 10.4. The van der Waals surface area contributed by atoms with Gasteiger partial charge in [0.15, 0.2) is 5.78 Å². The van der Waals surface area contributed by atoms with Crippen molar-refractivity contribution >= 4 is 15.8 Å². The second-order valence-electron chi connectivity index (χ2n) is 4.22. The predicted molar refractivity (Wildman–Crippen MR) is 67.9 cm³/mol. The smallest absolute Gasteiger partial charge is 0.240 e. The van der Waals surface area contributed by atoms with Crippen LogP contribution in [0.15, 0.2) is 29.2 Å². The molecule has 0 radical (unpaired) electrons. The molecule has 100 valence electrons. The summed E-state index contributed by atoms with van der Waals surface area (Å²) in [5, 5.41) is 8.83. The summed E-state index contributed by atoms with van der Waals surface area (Å²) in [4.78, 5) is 11.2. The summed E-state index contributed by atoms with van der Waals surface area (Å²) >= 11 is 0. The average Bonchev–Trinajstić information content (AvgIpc) is 2.36. The molecular weight excluding hydrogens is 254 g/mol. The molecule has 18 heavy (non-hydrogen) atoms. The van der Waals surface area contributed by atoms with Crippen molar-refractivity contribution in [3.05, 3.63) is 29.8 Å². The third-order valence-corrected chi connectivity index (χ3v) is 3.94. The number of Topliss-reactive ketones (excluding diaryl/α,β-unsaturated/α-hetero) is 1. The number of sulfonamides is 1. The molecule has 0 aliphatic carbocycles. The molecule has 0 saturated heterocycles. The maximum Gasteiger partial charge on any atom is 0.240 e. The maximum atomic E-state index is 11.9. The summed E-state index contributed by atoms with van der Waals surface area (Å²) in [5.74, 6) is -0.253. The van der Waals surface area contributed by atoms with Crippen LogP contribution in [-0.4, -0.2) is 32.5 Å². The zero-order chi connectivity index (χ0) is 13.8. The van der Waals surface area contributed by atoms with Gasteiger partial charge in [0.1, 0.15) is 0 Å². The standard InChI is InChI=1S/C12H17NO4S/c1-9(8-14)7-13-18(16,17)12-5-3-11(4-6-12)10(2)15/h3-6,9,13-14H,7-8H2,1-2H3. The first-order valence-electron chi connectivity index (χ1n) is 5.58. The van der Waals surface area contributed by atoms with Gasteiger partial charge in [0.25, 0.3) is 0 Å². The fourth-order valence-electron chi connectivity index (χ4n) is 1.27. The van der Waals surface area contributed by atoms with E-state index in [4.69, 9.17) is 5.11 Å². The molecule has 0 aliphatic heterocycles. The highest BCUT2D eigenvalue weighted by molar-refractivity contribution is 7.89. The van der Waals surface area contributed by atoms with Gasteiger partial charge in [0.05, 0.1) is 4.90 Å². The second kappa shape index (κ2) is 6.08. The van der Waals surface area contributed by atoms with Gasteiger partial charge >= 0.3 is 0 Å². The van der Waals surface area contributed by atoms with Gasteiger partial charge < -0.3 is 5.11 Å². The Kier molecular flexibility index (Phi) is 5.01. The molecule has 1 unspecified atom stereocenters. The van der Waals surface area contributed by atoms with Crippen molar-refractivity contribution < 1.29 is 18.3 Å². The fourth-order valence-corrected chi connectivity index (χ4v) is 2.43. The van der Waals surface area contributed by atoms with Crippen LogP contribution < -0.4 is 4.72 Å². The number of hydrogen-bond acceptors (Lipinski definition) is 4. The number of nitrogens with one attached hydrogen (secondary N) is 1. The van der Waals surface area contributed by atoms with Gasteiger partial charge in [-0.3, -0.25) is 4.79 Å². The van der Waals surface area contributed by atoms with E-state index in [9.17, 15) is 13.2 Å². The number of hydrogen-bond donors (Lipinski definition) is 2. The average molecular weight is 271 g/mol. The van der Waals surface area contributed by atoms with Crippen LogP contribution in [0.25, 0.3) is 0 Å². The Labute approximate surface area is 107 Å². The monoisotopic (exact) mass is 271 g/mol. The van der Waals surface area contributed by atoms with Crippen molar-refractivity contribution in [1.82, 2.24) is 4.72 Å². The Morgan fingerprint density at radius 2 is 1.89 bits per heavy atom. The van der Waals surface area contributed by atoms with E-state index in [0.29, 0.717) is 5.56 Å². The van der Waals surface area contributed by atoms with Crippen molar-refractivity contribution in [2.75, 3.05) is 13.2 Å². The second-order valence-corrected chi connectivity index (χ2v) is 5.99. The van der Waals surface area contributed by atoms with Gasteiger partial charge in [0, 0.05) is 18.7 Å². The third-order valence-electron chi connectivity index (χ3n) is 2.50. The lowest BCUT2D eigenvalue weighted by molar-refractivity contribution is 0.101. The van der Waals surface area contributed by atoms with Crippen LogP contribution in [0.3, 0.4) is 0 Å². The number of ketones is 1. The fraction of sp³-hybridized carbons (Fsp3) is 0.417. The molecule has 0 saturated carbocycles. The molecule has 0 aromatic heterocycles. The number of aliphatic hydroxyl groups excluding tert-OH is 1. The van der Waals surface area contributed by atoms with Gasteiger partial charge in [0.2, 0.25) is 10.0 Å². The van der Waals surface area contributed by atoms with Crippen molar-refractivity contribution in [2.45, 2.75) is 18.7 Å². The van der Waals surface area contributed by atoms with E-state index >= 15 is 0 Å². The normalized spacial score (nSPS) is 13.3. The summed E-state index contributed by atoms with van der Waals surface area (Å²) < 4.78 is 26.1. The number of carbonyl (C=O) groups is 1. The van der Waals surface area contributed by atoms with Crippen molar-refractivity contribution in [2.24, 2.45) is 5.92 Å². The Morgan fingerprint density at radius 1 is 1.33 bits per heavy atom. The molecule has 0 spiro atoms. The molecule has 0 heterocycles. The van der Waals surface area contributed by atoms with Crippen LogP contribution in [0.4, 0.5) is 0 Å². The topological polar surface area (TPSA) is 83.5 Å². The number of benzene rings is 1. The number of carbonyl (C=O) groups excluding carboxylic acids is 1. The van der Waals surface area contributed by atoms with E-state index in [1.807, 2.05) is 0 Å². The highest BCUT2D eigenvalue weighted by atomic mass is 32.2. The van der Waals surface area contributed by atoms with E-state index in [2.05, 4.69) is 4.72 Å². The molecule has 1 aromatic rings. The van der Waals surface area contributed by atoms with Gasteiger partial charge in [-0.15, -0.1) is 0 Å². The lowest BCUT2D eigenvalue weighted by Crippen LogP contribution is -2.29. The van der Waals surface area contributed by atoms with Crippen LogP contribution >= 0.6 is 0 Å². The van der Waals surface area contributed by atoms with Crippen molar-refractivity contribution in [3.8, 4) is 0 Å². The minimum absolute atomic E-state index is 0.0776. The lowest BCUT2D eigenvalue weighted by atomic mass is 10.2. The van der Waals surface area contributed by atoms with E-state index < -0.39 is 10.0 Å². The molecule has 2 N–H and O–H groups in total. The van der Waals surface area contributed by atoms with E-state index in [1.54, 1.807) is 6.92 Å². The number of rotatable bonds is 6. The summed E-state index contributed by atoms with van der Waals surface area (Å²) in [7, 11) is -3.58. The van der Waals surface area contributed by atoms with Crippen LogP contribution in [0.2, 0.25) is 0 Å². The van der Waals surface area contributed by atoms with Gasteiger partial charge in [-0.25, -0.2) is 13.1 Å². The van der Waals surface area contributed by atoms with Crippen LogP contribution in [-0.2, 0) is 10.0 Å². The van der Waals surface area contributed by atoms with Crippen LogP contribution in [0.5, 0.6) is 0 Å². The van der Waals surface area contributed by atoms with E-state index in [1.165, 1.54) is 31.2 Å². The number of aliphatic hydroxyl groups is 1. The van der Waals surface area contributed by atoms with Gasteiger partial charge in [-0.1, -0.05) is 19.1 Å². The van der Waals surface area contributed by atoms with Gasteiger partial charge in [-0.2, -0.15) is 0 Å². The molecule has 0 amide bonds. The van der Waals surface area contributed by atoms with E-state index in [-0.39, 0.29) is 29.7 Å². The van der Waals surface area contributed by atoms with Crippen LogP contribution in [0.1, 0.15) is 24.2 Å². The summed E-state index contributed by atoms with van der Waals surface area (Å²) in [5.41, 5.74) is 0.470. The Hall–Kier alpha value is -1.24. The van der Waals surface area contributed by atoms with Crippen molar-refractivity contribution in [1.29, 1.82) is 0 Å². The summed E-state index contributed by atoms with van der Waals surface area (Å²) in [6.07, 6.45) is 0. The van der Waals surface area contributed by atoms with E-state index in [0.717, 1.165) is 0 Å². The quantitative estimate of drug-likeness (QED) is 0.749. The molecule has 0 aliphatic rings. The molecule has 1 aromatic carbocycles. The van der Waals surface area contributed by atoms with Crippen LogP contribution in [0, 0.1) is 5.92 Å². The maximum absolute atomic E-state index is 11.9. The largest absolute Gasteiger partial charge is 0.396 e. The third kappa shape index (κ3) is 3.90. The lowest BCUT2D eigenvalue weighted by Gasteiger charge is -2.10. The molecule has 5 nitrogen and oxygen atoms in total. The first kappa shape index (κ1) is 14.8. The minimum Gasteiger partial charge on any atom is -0.396 e. The molecule has 0 bridgehead atoms. The Bertz CT molecular complexity index is 507. The summed E-state index contributed by atoms with van der Waals surface area (Å²) in [6, 6.07) is 5.74. The highest BCUT2D eigenvalue weighted by Gasteiger charge is 2.15. The first-order chi connectivity index (χ1) is 8.36. The van der Waals surface area contributed by atoms with Gasteiger partial charge in [-0.05, 0) is 25.0 Å². The first-order valence-corrected chi connectivity index (χ1v) is 7.06. The highest BCUT2D eigenvalue weighted by Crippen LogP contribution is 2.11. The SMILES string of the molecule is CC(=O)c1ccc(S(=O)(=O)NCC(C)CO)cc1. The minimum atomic E-state index is -3.58. The van der Waals surface area contributed by atoms with Crippen molar-refractivity contribution in [3.63, 3.8) is 0 Å². The molecule has 6 heteroatoms. The Balaban J connectivity index is 2.82.